The molecule has 12 heteroatoms. The zero-order valence-electron chi connectivity index (χ0n) is 34.3. The van der Waals surface area contributed by atoms with E-state index in [1.807, 2.05) is 18.2 Å². The van der Waals surface area contributed by atoms with Gasteiger partial charge in [-0.25, -0.2) is 0 Å². The second-order valence-corrected chi connectivity index (χ2v) is 16.0. The highest BCUT2D eigenvalue weighted by atomic mass is 16.3. The molecule has 0 fully saturated rings. The minimum atomic E-state index is -1.27. The summed E-state index contributed by atoms with van der Waals surface area (Å²) >= 11 is 0. The minimum absolute atomic E-state index is 0.0393. The number of carbonyl (C=O) groups is 5. The van der Waals surface area contributed by atoms with Crippen molar-refractivity contribution in [1.29, 1.82) is 5.26 Å². The van der Waals surface area contributed by atoms with E-state index < -0.39 is 41.5 Å². The molecule has 0 saturated heterocycles. The van der Waals surface area contributed by atoms with Crippen molar-refractivity contribution >= 4 is 29.2 Å². The van der Waals surface area contributed by atoms with Gasteiger partial charge in [-0.2, -0.15) is 5.26 Å². The number of nitrogens with two attached hydrogens (primary N) is 1. The summed E-state index contributed by atoms with van der Waals surface area (Å²) < 4.78 is 0. The van der Waals surface area contributed by atoms with Crippen LogP contribution in [0.3, 0.4) is 0 Å². The number of aromatic nitrogens is 1. The highest BCUT2D eigenvalue weighted by Crippen LogP contribution is 2.39. The maximum absolute atomic E-state index is 14.5. The molecule has 4 atom stereocenters. The molecular weight excluding hydrogens is 747 g/mol. The summed E-state index contributed by atoms with van der Waals surface area (Å²) in [6.45, 7) is 7.73. The first-order chi connectivity index (χ1) is 28.1. The highest BCUT2D eigenvalue weighted by molar-refractivity contribution is 6.01. The number of hydrogen-bond acceptors (Lipinski definition) is 10. The molecule has 0 spiro atoms. The first-order valence-electron chi connectivity index (χ1n) is 20.1. The van der Waals surface area contributed by atoms with Crippen LogP contribution < -0.4 is 11.1 Å². The second kappa shape index (κ2) is 19.5. The quantitative estimate of drug-likeness (QED) is 0.107. The third-order valence-corrected chi connectivity index (χ3v) is 10.9. The average Bonchev–Trinajstić information content (AvgIpc) is 3.20. The fourth-order valence-electron chi connectivity index (χ4n) is 7.71. The Balaban J connectivity index is 1.47. The number of carbonyl (C=O) groups excluding carboxylic acids is 5. The number of pyridine rings is 1. The van der Waals surface area contributed by atoms with Crippen LogP contribution in [0, 0.1) is 36.0 Å². The van der Waals surface area contributed by atoms with Gasteiger partial charge in [-0.15, -0.1) is 0 Å². The molecule has 5 rings (SSSR count). The van der Waals surface area contributed by atoms with Crippen molar-refractivity contribution < 1.29 is 34.2 Å². The summed E-state index contributed by atoms with van der Waals surface area (Å²) in [6, 6.07) is 20.3. The fourth-order valence-corrected chi connectivity index (χ4v) is 7.71. The van der Waals surface area contributed by atoms with Crippen molar-refractivity contribution in [3.63, 3.8) is 0 Å². The van der Waals surface area contributed by atoms with Crippen molar-refractivity contribution in [2.75, 3.05) is 13.6 Å². The van der Waals surface area contributed by atoms with Crippen LogP contribution in [0.1, 0.15) is 91.7 Å². The van der Waals surface area contributed by atoms with E-state index in [4.69, 9.17) is 16.0 Å². The number of nitriles is 1. The molecule has 12 nitrogen and oxygen atoms in total. The lowest BCUT2D eigenvalue weighted by Crippen LogP contribution is -2.45. The number of amides is 2. The summed E-state index contributed by atoms with van der Waals surface area (Å²) in [6.07, 6.45) is 0.483. The maximum Gasteiger partial charge on any atom is 0.226 e. The van der Waals surface area contributed by atoms with Gasteiger partial charge in [0.1, 0.15) is 17.5 Å². The lowest BCUT2D eigenvalue weighted by Gasteiger charge is -2.32. The number of nitrogens with one attached hydrogen (secondary N) is 1. The summed E-state index contributed by atoms with van der Waals surface area (Å²) in [7, 11) is 1.45. The number of likely N-dealkylation sites (N-methyl/N-ethyl adjacent to an activating group) is 1. The van der Waals surface area contributed by atoms with E-state index in [9.17, 15) is 34.2 Å². The summed E-state index contributed by atoms with van der Waals surface area (Å²) in [4.78, 5) is 75.5. The van der Waals surface area contributed by atoms with Crippen LogP contribution in [-0.2, 0) is 32.0 Å². The molecule has 0 aliphatic carbocycles. The monoisotopic (exact) mass is 799 g/mol. The van der Waals surface area contributed by atoms with Crippen LogP contribution in [0.2, 0.25) is 0 Å². The van der Waals surface area contributed by atoms with Crippen LogP contribution in [0.25, 0.3) is 22.4 Å². The summed E-state index contributed by atoms with van der Waals surface area (Å²) in [5.41, 5.74) is 11.0. The van der Waals surface area contributed by atoms with Gasteiger partial charge in [-0.05, 0) is 91.7 Å². The number of Topliss-reactive ketones (excluding diaryl/α,β-unsaturated/α-hetero) is 3. The summed E-state index contributed by atoms with van der Waals surface area (Å²) in [5.74, 6) is -3.97. The number of benzene rings is 3. The molecular formula is C47H53N5O7. The van der Waals surface area contributed by atoms with Gasteiger partial charge >= 0.3 is 0 Å². The van der Waals surface area contributed by atoms with Crippen LogP contribution >= 0.6 is 0 Å². The van der Waals surface area contributed by atoms with Crippen LogP contribution in [-0.4, -0.2) is 68.9 Å². The number of ketones is 3. The lowest BCUT2D eigenvalue weighted by atomic mass is 9.88. The van der Waals surface area contributed by atoms with E-state index in [1.165, 1.54) is 41.8 Å². The Morgan fingerprint density at radius 3 is 2.29 bits per heavy atom. The highest BCUT2D eigenvalue weighted by Gasteiger charge is 2.36. The van der Waals surface area contributed by atoms with E-state index in [-0.39, 0.29) is 79.3 Å². The van der Waals surface area contributed by atoms with Crippen LogP contribution in [0.4, 0.5) is 0 Å². The zero-order chi connectivity index (χ0) is 43.0. The van der Waals surface area contributed by atoms with Crippen molar-refractivity contribution in [2.24, 2.45) is 23.5 Å². The Morgan fingerprint density at radius 2 is 1.64 bits per heavy atom. The molecule has 5 N–H and O–H groups in total. The van der Waals surface area contributed by atoms with E-state index in [0.29, 0.717) is 34.0 Å². The van der Waals surface area contributed by atoms with E-state index in [0.717, 1.165) is 12.0 Å². The molecule has 0 saturated carbocycles. The van der Waals surface area contributed by atoms with E-state index in [2.05, 4.69) is 31.3 Å². The normalized spacial score (nSPS) is 17.4. The zero-order valence-corrected chi connectivity index (χ0v) is 34.3. The Labute approximate surface area is 345 Å². The van der Waals surface area contributed by atoms with Gasteiger partial charge in [0.25, 0.3) is 0 Å². The maximum atomic E-state index is 14.5. The molecule has 2 heterocycles. The number of hydrogen-bond donors (Lipinski definition) is 4. The number of rotatable bonds is 13. The standard InChI is InChI=1S/C47H53N5O7/c1-27(2)21-30-8-11-32(12-9-30)38-15-14-35(29(4)50-38)43(56)26-34(18-20-49)47(59)52(5)45-33-13-17-41(54)37(25-33)36-23-31(10-16-40(36)53)24-39(42(55)7-6-19-48)51-46(58)28(3)22-44(45)57/h8-17,23,25,27-28,34,39,45,53-54H,6-7,18,20-22,24,26,49H2,1-5H3,(H,51,58)/t28-,34-,39+,45+/m1/s1. The van der Waals surface area contributed by atoms with Crippen LogP contribution in [0.15, 0.2) is 72.8 Å². The Morgan fingerprint density at radius 1 is 0.966 bits per heavy atom. The lowest BCUT2D eigenvalue weighted by molar-refractivity contribution is -0.142. The molecule has 0 unspecified atom stereocenters. The number of nitrogens with zero attached hydrogens (tertiary/aromatic N) is 3. The van der Waals surface area contributed by atoms with Gasteiger partial charge in [0.2, 0.25) is 11.8 Å². The first-order valence-corrected chi connectivity index (χ1v) is 20.1. The summed E-state index contributed by atoms with van der Waals surface area (Å²) in [5, 5.41) is 33.9. The molecule has 1 aliphatic heterocycles. The number of fused-ring (bicyclic) bond motifs is 5. The minimum Gasteiger partial charge on any atom is -0.507 e. The molecule has 59 heavy (non-hydrogen) atoms. The molecule has 1 aromatic heterocycles. The van der Waals surface area contributed by atoms with Gasteiger partial charge < -0.3 is 26.2 Å². The molecule has 2 amide bonds. The van der Waals surface area contributed by atoms with Crippen LogP contribution in [0.5, 0.6) is 11.5 Å². The predicted octanol–water partition coefficient (Wildman–Crippen LogP) is 6.58. The molecule has 4 aromatic rings. The smallest absolute Gasteiger partial charge is 0.226 e. The number of aromatic hydroxyl groups is 2. The van der Waals surface area contributed by atoms with Crippen molar-refractivity contribution in [3.8, 4) is 40.0 Å². The first kappa shape index (κ1) is 43.9. The van der Waals surface area contributed by atoms with E-state index >= 15 is 0 Å². The largest absolute Gasteiger partial charge is 0.507 e. The Bertz CT molecular complexity index is 2260. The third kappa shape index (κ3) is 10.7. The second-order valence-electron chi connectivity index (χ2n) is 16.0. The molecule has 4 bridgehead atoms. The van der Waals surface area contributed by atoms with Gasteiger partial charge in [-0.1, -0.05) is 57.2 Å². The van der Waals surface area contributed by atoms with Gasteiger partial charge in [0.05, 0.1) is 17.8 Å². The third-order valence-electron chi connectivity index (χ3n) is 10.9. The van der Waals surface area contributed by atoms with Gasteiger partial charge in [0, 0.05) is 72.5 Å². The number of phenols is 2. The van der Waals surface area contributed by atoms with Crippen molar-refractivity contribution in [2.45, 2.75) is 84.7 Å². The fraction of sp³-hybridized carbons (Fsp3) is 0.383. The average molecular weight is 800 g/mol. The van der Waals surface area contributed by atoms with Crippen molar-refractivity contribution in [1.82, 2.24) is 15.2 Å². The topological polar surface area (TPSA) is 204 Å². The van der Waals surface area contributed by atoms with Crippen molar-refractivity contribution in [3.05, 3.63) is 101 Å². The molecule has 3 aromatic carbocycles. The van der Waals surface area contributed by atoms with Gasteiger partial charge in [0.15, 0.2) is 17.3 Å². The Hall–Kier alpha value is -6.19. The SMILES string of the molecule is Cc1nc(-c2ccc(CC(C)C)cc2)ccc1C(=O)C[C@@H](CCN)C(=O)N(C)[C@@H]1C(=O)C[C@@H](C)C(=O)N[C@H](C(=O)CCC#N)Cc2ccc(O)c(c2)-c2cc1ccc2O. The predicted molar refractivity (Wildman–Crippen MR) is 224 cm³/mol. The molecule has 0 radical (unpaired) electrons. The molecule has 1 aliphatic rings. The number of phenolic OH excluding ortho intramolecular Hbond substituents is 2. The Kier molecular flexibility index (Phi) is 14.5. The molecule has 308 valence electrons. The van der Waals surface area contributed by atoms with E-state index in [1.54, 1.807) is 38.1 Å². The van der Waals surface area contributed by atoms with Gasteiger partial charge in [-0.3, -0.25) is 29.0 Å². The number of aryl methyl sites for hydroxylation is 1.